The minimum absolute atomic E-state index is 0.224. The highest BCUT2D eigenvalue weighted by molar-refractivity contribution is 6.15. The maximum atomic E-state index is 13.3. The Morgan fingerprint density at radius 1 is 1.23 bits per heavy atom. The van der Waals surface area contributed by atoms with E-state index in [0.29, 0.717) is 28.9 Å². The van der Waals surface area contributed by atoms with Crippen LogP contribution in [-0.2, 0) is 11.3 Å². The number of nitrogens with one attached hydrogen (secondary N) is 1. The zero-order valence-electron chi connectivity index (χ0n) is 17.8. The molecule has 1 amide bonds. The van der Waals surface area contributed by atoms with Crippen LogP contribution >= 0.6 is 0 Å². The number of nitrogens with two attached hydrogens (primary N) is 1. The molecule has 1 aromatic carbocycles. The predicted octanol–water partition coefficient (Wildman–Crippen LogP) is 2.95. The van der Waals surface area contributed by atoms with E-state index in [1.165, 1.54) is 6.33 Å². The molecule has 2 heterocycles. The summed E-state index contributed by atoms with van der Waals surface area (Å²) in [5.41, 5.74) is 7.97. The van der Waals surface area contributed by atoms with E-state index < -0.39 is 11.7 Å². The van der Waals surface area contributed by atoms with Crippen LogP contribution in [0.25, 0.3) is 5.52 Å². The molecule has 3 rings (SSSR count). The lowest BCUT2D eigenvalue weighted by Gasteiger charge is -2.19. The average Bonchev–Trinajstić information content (AvgIpc) is 2.99. The van der Waals surface area contributed by atoms with Crippen molar-refractivity contribution in [3.05, 3.63) is 53.5 Å². The Morgan fingerprint density at radius 3 is 2.63 bits per heavy atom. The molecule has 9 nitrogen and oxygen atoms in total. The lowest BCUT2D eigenvalue weighted by Crippen LogP contribution is -2.27. The zero-order valence-corrected chi connectivity index (χ0v) is 17.8. The summed E-state index contributed by atoms with van der Waals surface area (Å²) in [5, 5.41) is 6.91. The molecule has 158 valence electrons. The Balaban J connectivity index is 1.96. The molecular weight excluding hydrogens is 384 g/mol. The van der Waals surface area contributed by atoms with Crippen molar-refractivity contribution in [3.63, 3.8) is 0 Å². The minimum atomic E-state index is -0.622. The third kappa shape index (κ3) is 4.74. The summed E-state index contributed by atoms with van der Waals surface area (Å²) in [4.78, 5) is 31.3. The third-order valence-electron chi connectivity index (χ3n) is 4.15. The number of aromatic nitrogens is 3. The Bertz CT molecular complexity index is 1100. The van der Waals surface area contributed by atoms with Crippen molar-refractivity contribution >= 4 is 28.9 Å². The number of rotatable bonds is 5. The fourth-order valence-electron chi connectivity index (χ4n) is 3.06. The minimum Gasteiger partial charge on any atom is -0.444 e. The van der Waals surface area contributed by atoms with Crippen LogP contribution in [0.15, 0.2) is 36.7 Å². The highest BCUT2D eigenvalue weighted by atomic mass is 16.6. The first-order chi connectivity index (χ1) is 14.0. The molecule has 0 atom stereocenters. The number of carbonyl (C=O) groups excluding carboxylic acids is 2. The number of hydrogen-bond donors (Lipinski definition) is 2. The Morgan fingerprint density at radius 2 is 1.97 bits per heavy atom. The van der Waals surface area contributed by atoms with Gasteiger partial charge in [-0.3, -0.25) is 10.1 Å². The van der Waals surface area contributed by atoms with Crippen LogP contribution in [0.3, 0.4) is 0 Å². The molecule has 0 aliphatic carbocycles. The van der Waals surface area contributed by atoms with E-state index in [0.717, 1.165) is 5.69 Å². The number of ether oxygens (including phenoxy) is 1. The molecule has 0 bridgehead atoms. The number of benzene rings is 1. The lowest BCUT2D eigenvalue weighted by atomic mass is 10.0. The number of anilines is 2. The number of carbonyl (C=O) groups is 2. The van der Waals surface area contributed by atoms with E-state index in [9.17, 15) is 9.59 Å². The van der Waals surface area contributed by atoms with Gasteiger partial charge in [-0.1, -0.05) is 12.1 Å². The van der Waals surface area contributed by atoms with Crippen LogP contribution in [0, 0.1) is 0 Å². The first kappa shape index (κ1) is 21.3. The summed E-state index contributed by atoms with van der Waals surface area (Å²) < 4.78 is 6.90. The van der Waals surface area contributed by atoms with Crippen molar-refractivity contribution in [2.24, 2.45) is 0 Å². The molecule has 9 heteroatoms. The SMILES string of the molecule is CN(C)Cc1cc(C(=O)c2cccc(NC(=O)OC(C)(C)C)c2)c2c(N)ncnn12. The van der Waals surface area contributed by atoms with Gasteiger partial charge in [0.15, 0.2) is 11.6 Å². The molecular formula is C21H26N6O3. The van der Waals surface area contributed by atoms with Gasteiger partial charge < -0.3 is 15.4 Å². The third-order valence-corrected chi connectivity index (χ3v) is 4.15. The monoisotopic (exact) mass is 410 g/mol. The molecule has 0 aliphatic heterocycles. The molecule has 3 aromatic rings. The normalized spacial score (nSPS) is 11.7. The Hall–Kier alpha value is -3.46. The van der Waals surface area contributed by atoms with Crippen LogP contribution in [0.1, 0.15) is 42.4 Å². The van der Waals surface area contributed by atoms with E-state index in [-0.39, 0.29) is 11.6 Å². The van der Waals surface area contributed by atoms with Gasteiger partial charge in [-0.2, -0.15) is 5.10 Å². The van der Waals surface area contributed by atoms with Gasteiger partial charge >= 0.3 is 6.09 Å². The lowest BCUT2D eigenvalue weighted by molar-refractivity contribution is 0.0635. The van der Waals surface area contributed by atoms with E-state index in [2.05, 4.69) is 15.4 Å². The van der Waals surface area contributed by atoms with Gasteiger partial charge in [0.2, 0.25) is 0 Å². The molecule has 0 saturated carbocycles. The second kappa shape index (κ2) is 8.11. The van der Waals surface area contributed by atoms with Gasteiger partial charge in [0, 0.05) is 17.8 Å². The standard InChI is InChI=1S/C21H26N6O3/c1-21(2,3)30-20(29)25-14-8-6-7-13(9-14)18(28)16-10-15(11-26(4)5)27-17(16)19(22)23-12-24-27/h6-10,12H,11H2,1-5H3,(H,25,29)(H2,22,23,24). The summed E-state index contributed by atoms with van der Waals surface area (Å²) in [6.45, 7) is 5.92. The van der Waals surface area contributed by atoms with Crippen molar-refractivity contribution in [1.29, 1.82) is 0 Å². The number of amides is 1. The molecule has 0 spiro atoms. The summed E-state index contributed by atoms with van der Waals surface area (Å²) in [6, 6.07) is 8.43. The molecule has 3 N–H and O–H groups in total. The molecule has 0 radical (unpaired) electrons. The molecule has 0 fully saturated rings. The van der Waals surface area contributed by atoms with E-state index >= 15 is 0 Å². The highest BCUT2D eigenvalue weighted by Gasteiger charge is 2.21. The fraction of sp³-hybridized carbons (Fsp3) is 0.333. The molecule has 0 aliphatic rings. The number of ketones is 1. The second-order valence-corrected chi connectivity index (χ2v) is 8.23. The first-order valence-corrected chi connectivity index (χ1v) is 9.46. The van der Waals surface area contributed by atoms with Crippen molar-refractivity contribution in [1.82, 2.24) is 19.5 Å². The van der Waals surface area contributed by atoms with E-state index in [1.54, 1.807) is 55.6 Å². The largest absolute Gasteiger partial charge is 0.444 e. The van der Waals surface area contributed by atoms with Crippen LogP contribution in [0.4, 0.5) is 16.3 Å². The number of nitrogens with zero attached hydrogens (tertiary/aromatic N) is 4. The topological polar surface area (TPSA) is 115 Å². The number of nitrogen functional groups attached to an aromatic ring is 1. The van der Waals surface area contributed by atoms with Gasteiger partial charge in [0.05, 0.1) is 11.3 Å². The van der Waals surface area contributed by atoms with Crippen LogP contribution in [0.5, 0.6) is 0 Å². The first-order valence-electron chi connectivity index (χ1n) is 9.46. The Kier molecular flexibility index (Phi) is 5.75. The van der Waals surface area contributed by atoms with Gasteiger partial charge in [0.25, 0.3) is 0 Å². The van der Waals surface area contributed by atoms with Crippen molar-refractivity contribution < 1.29 is 14.3 Å². The molecule has 0 saturated heterocycles. The summed E-state index contributed by atoms with van der Waals surface area (Å²) in [5.74, 6) is -0.0202. The quantitative estimate of drug-likeness (QED) is 0.621. The Labute approximate surface area is 174 Å². The van der Waals surface area contributed by atoms with Gasteiger partial charge in [-0.25, -0.2) is 14.3 Å². The van der Waals surface area contributed by atoms with Crippen LogP contribution in [-0.4, -0.2) is 51.1 Å². The number of fused-ring (bicyclic) bond motifs is 1. The van der Waals surface area contributed by atoms with Crippen LogP contribution < -0.4 is 11.1 Å². The maximum absolute atomic E-state index is 13.3. The zero-order chi connectivity index (χ0) is 22.1. The molecule has 0 unspecified atom stereocenters. The predicted molar refractivity (Wildman–Crippen MR) is 115 cm³/mol. The fourth-order valence-corrected chi connectivity index (χ4v) is 3.06. The van der Waals surface area contributed by atoms with Crippen molar-refractivity contribution in [3.8, 4) is 0 Å². The maximum Gasteiger partial charge on any atom is 0.412 e. The van der Waals surface area contributed by atoms with E-state index in [4.69, 9.17) is 10.5 Å². The highest BCUT2D eigenvalue weighted by Crippen LogP contribution is 2.25. The average molecular weight is 410 g/mol. The smallest absolute Gasteiger partial charge is 0.412 e. The van der Waals surface area contributed by atoms with Gasteiger partial charge in [-0.05, 0) is 53.1 Å². The van der Waals surface area contributed by atoms with Crippen LogP contribution in [0.2, 0.25) is 0 Å². The summed E-state index contributed by atoms with van der Waals surface area (Å²) >= 11 is 0. The van der Waals surface area contributed by atoms with Gasteiger partial charge in [-0.15, -0.1) is 0 Å². The second-order valence-electron chi connectivity index (χ2n) is 8.23. The van der Waals surface area contributed by atoms with E-state index in [1.807, 2.05) is 19.0 Å². The number of hydrogen-bond acceptors (Lipinski definition) is 7. The van der Waals surface area contributed by atoms with Gasteiger partial charge in [0.1, 0.15) is 17.4 Å². The molecule has 2 aromatic heterocycles. The van der Waals surface area contributed by atoms with Crippen molar-refractivity contribution in [2.45, 2.75) is 32.9 Å². The summed E-state index contributed by atoms with van der Waals surface area (Å²) in [7, 11) is 3.86. The van der Waals surface area contributed by atoms with Crippen molar-refractivity contribution in [2.75, 3.05) is 25.1 Å². The molecule has 30 heavy (non-hydrogen) atoms. The summed E-state index contributed by atoms with van der Waals surface area (Å²) in [6.07, 6.45) is 0.772.